The van der Waals surface area contributed by atoms with Crippen molar-refractivity contribution in [1.82, 2.24) is 9.88 Å². The largest absolute Gasteiger partial charge is 0.488 e. The van der Waals surface area contributed by atoms with E-state index in [1.807, 2.05) is 54.6 Å². The summed E-state index contributed by atoms with van der Waals surface area (Å²) in [6.45, 7) is 1.13. The van der Waals surface area contributed by atoms with E-state index in [9.17, 15) is 4.79 Å². The number of carbonyl (C=O) groups excluding carboxylic acids is 1. The highest BCUT2D eigenvalue weighted by molar-refractivity contribution is 6.00. The number of rotatable bonds is 7. The number of benzene rings is 3. The molecule has 1 aliphatic rings. The van der Waals surface area contributed by atoms with Gasteiger partial charge in [0.2, 0.25) is 0 Å². The van der Waals surface area contributed by atoms with Crippen molar-refractivity contribution in [2.75, 3.05) is 0 Å². The van der Waals surface area contributed by atoms with Gasteiger partial charge in [0, 0.05) is 18.0 Å². The Balaban J connectivity index is 1.49. The van der Waals surface area contributed by atoms with Crippen molar-refractivity contribution in [3.05, 3.63) is 102 Å². The van der Waals surface area contributed by atoms with Crippen LogP contribution in [0.15, 0.2) is 84.9 Å². The zero-order chi connectivity index (χ0) is 22.5. The number of amides is 1. The summed E-state index contributed by atoms with van der Waals surface area (Å²) in [5, 5.41) is 4.27. The van der Waals surface area contributed by atoms with Gasteiger partial charge in [-0.3, -0.25) is 4.79 Å². The molecule has 4 heteroatoms. The molecule has 0 spiro atoms. The Hall–Kier alpha value is -3.53. The summed E-state index contributed by atoms with van der Waals surface area (Å²) in [7, 11) is 0. The van der Waals surface area contributed by atoms with Gasteiger partial charge in [-0.1, -0.05) is 86.0 Å². The number of fused-ring (bicyclic) bond motifs is 1. The van der Waals surface area contributed by atoms with Crippen LogP contribution < -0.4 is 10.1 Å². The Morgan fingerprint density at radius 2 is 1.55 bits per heavy atom. The number of nitrogens with zero attached hydrogens (tertiary/aromatic N) is 1. The molecule has 0 unspecified atom stereocenters. The van der Waals surface area contributed by atoms with Crippen molar-refractivity contribution in [1.29, 1.82) is 0 Å². The van der Waals surface area contributed by atoms with Gasteiger partial charge in [0.1, 0.15) is 18.1 Å². The predicted octanol–water partition coefficient (Wildman–Crippen LogP) is 6.33. The van der Waals surface area contributed by atoms with E-state index in [2.05, 4.69) is 40.2 Å². The molecule has 168 valence electrons. The average Bonchev–Trinajstić information content (AvgIpc) is 3.24. The Bertz CT molecular complexity index is 1210. The Morgan fingerprint density at radius 1 is 0.848 bits per heavy atom. The maximum atomic E-state index is 13.4. The van der Waals surface area contributed by atoms with E-state index in [0.29, 0.717) is 18.8 Å². The fourth-order valence-electron chi connectivity index (χ4n) is 4.75. The van der Waals surface area contributed by atoms with Crippen LogP contribution in [0.3, 0.4) is 0 Å². The lowest BCUT2D eigenvalue weighted by atomic mass is 9.95. The molecule has 1 heterocycles. The number of hydrogen-bond donors (Lipinski definition) is 1. The lowest BCUT2D eigenvalue weighted by molar-refractivity contribution is 0.0919. The monoisotopic (exact) mass is 438 g/mol. The minimum atomic E-state index is 0.00282. The first-order chi connectivity index (χ1) is 16.3. The van der Waals surface area contributed by atoms with Crippen LogP contribution in [0.5, 0.6) is 5.75 Å². The Morgan fingerprint density at radius 3 is 2.27 bits per heavy atom. The van der Waals surface area contributed by atoms with Crippen molar-refractivity contribution in [3.8, 4) is 5.75 Å². The van der Waals surface area contributed by atoms with Crippen molar-refractivity contribution < 1.29 is 9.53 Å². The van der Waals surface area contributed by atoms with Crippen LogP contribution in [0.2, 0.25) is 0 Å². The molecule has 0 bridgehead atoms. The highest BCUT2D eigenvalue weighted by Gasteiger charge is 2.22. The molecule has 3 aromatic carbocycles. The second-order valence-electron chi connectivity index (χ2n) is 8.87. The molecule has 33 heavy (non-hydrogen) atoms. The summed E-state index contributed by atoms with van der Waals surface area (Å²) >= 11 is 0. The fraction of sp³-hybridized carbons (Fsp3) is 0.276. The first-order valence-electron chi connectivity index (χ1n) is 11.9. The third kappa shape index (κ3) is 4.95. The molecule has 1 saturated carbocycles. The molecule has 1 aromatic heterocycles. The highest BCUT2D eigenvalue weighted by atomic mass is 16.5. The summed E-state index contributed by atoms with van der Waals surface area (Å²) in [5.74, 6) is 0.804. The molecule has 4 aromatic rings. The Labute approximate surface area is 195 Å². The van der Waals surface area contributed by atoms with Crippen LogP contribution in [-0.2, 0) is 13.2 Å². The SMILES string of the molecule is O=C(NC1CCCCC1)c1cc2c(OCc3ccccc3)cccc2n1Cc1ccccc1. The summed E-state index contributed by atoms with van der Waals surface area (Å²) < 4.78 is 8.33. The van der Waals surface area contributed by atoms with E-state index in [1.54, 1.807) is 0 Å². The lowest BCUT2D eigenvalue weighted by Crippen LogP contribution is -2.37. The number of aromatic nitrogens is 1. The lowest BCUT2D eigenvalue weighted by Gasteiger charge is -2.23. The van der Waals surface area contributed by atoms with Crippen LogP contribution in [0.25, 0.3) is 10.9 Å². The summed E-state index contributed by atoms with van der Waals surface area (Å²) in [6.07, 6.45) is 5.78. The van der Waals surface area contributed by atoms with Crippen LogP contribution in [-0.4, -0.2) is 16.5 Å². The predicted molar refractivity (Wildman–Crippen MR) is 133 cm³/mol. The first kappa shape index (κ1) is 21.3. The van der Waals surface area contributed by atoms with Crippen LogP contribution >= 0.6 is 0 Å². The summed E-state index contributed by atoms with van der Waals surface area (Å²) in [6, 6.07) is 28.8. The molecule has 5 rings (SSSR count). The minimum Gasteiger partial charge on any atom is -0.488 e. The molecular formula is C29H30N2O2. The van der Waals surface area contributed by atoms with E-state index in [0.717, 1.165) is 40.6 Å². The first-order valence-corrected chi connectivity index (χ1v) is 11.9. The zero-order valence-corrected chi connectivity index (χ0v) is 18.9. The second kappa shape index (κ2) is 9.95. The third-order valence-corrected chi connectivity index (χ3v) is 6.50. The van der Waals surface area contributed by atoms with Crippen LogP contribution in [0.1, 0.15) is 53.7 Å². The highest BCUT2D eigenvalue weighted by Crippen LogP contribution is 2.31. The normalized spacial score (nSPS) is 14.3. The van der Waals surface area contributed by atoms with E-state index in [4.69, 9.17) is 4.74 Å². The van der Waals surface area contributed by atoms with Gasteiger partial charge in [-0.25, -0.2) is 0 Å². The maximum Gasteiger partial charge on any atom is 0.268 e. The van der Waals surface area contributed by atoms with Gasteiger partial charge in [-0.05, 0) is 42.2 Å². The summed E-state index contributed by atoms with van der Waals surface area (Å²) in [4.78, 5) is 13.4. The molecule has 4 nitrogen and oxygen atoms in total. The molecular weight excluding hydrogens is 408 g/mol. The van der Waals surface area contributed by atoms with Gasteiger partial charge in [-0.15, -0.1) is 0 Å². The number of nitrogens with one attached hydrogen (secondary N) is 1. The fourth-order valence-corrected chi connectivity index (χ4v) is 4.75. The van der Waals surface area contributed by atoms with E-state index in [1.165, 1.54) is 19.3 Å². The zero-order valence-electron chi connectivity index (χ0n) is 18.9. The maximum absolute atomic E-state index is 13.4. The van der Waals surface area contributed by atoms with Crippen molar-refractivity contribution in [3.63, 3.8) is 0 Å². The van der Waals surface area contributed by atoms with Crippen LogP contribution in [0, 0.1) is 0 Å². The van der Waals surface area contributed by atoms with Gasteiger partial charge in [-0.2, -0.15) is 0 Å². The standard InChI is InChI=1S/C29H30N2O2/c32-29(30-24-15-8-3-9-16-24)27-19-25-26(31(27)20-22-11-4-1-5-12-22)17-10-18-28(25)33-21-23-13-6-2-7-14-23/h1-2,4-7,10-14,17-19,24H,3,8-9,15-16,20-21H2,(H,30,32). The average molecular weight is 439 g/mol. The van der Waals surface area contributed by atoms with Crippen molar-refractivity contribution in [2.45, 2.75) is 51.3 Å². The number of ether oxygens (including phenoxy) is 1. The smallest absolute Gasteiger partial charge is 0.268 e. The van der Waals surface area contributed by atoms with E-state index in [-0.39, 0.29) is 11.9 Å². The summed E-state index contributed by atoms with van der Waals surface area (Å²) in [5.41, 5.74) is 3.99. The molecule has 1 aliphatic carbocycles. The number of hydrogen-bond acceptors (Lipinski definition) is 2. The molecule has 1 N–H and O–H groups in total. The van der Waals surface area contributed by atoms with E-state index < -0.39 is 0 Å². The third-order valence-electron chi connectivity index (χ3n) is 6.50. The van der Waals surface area contributed by atoms with Gasteiger partial charge < -0.3 is 14.6 Å². The van der Waals surface area contributed by atoms with Gasteiger partial charge >= 0.3 is 0 Å². The second-order valence-corrected chi connectivity index (χ2v) is 8.87. The molecule has 1 amide bonds. The van der Waals surface area contributed by atoms with Crippen molar-refractivity contribution >= 4 is 16.8 Å². The topological polar surface area (TPSA) is 43.3 Å². The van der Waals surface area contributed by atoms with Gasteiger partial charge in [0.15, 0.2) is 0 Å². The number of carbonyl (C=O) groups is 1. The van der Waals surface area contributed by atoms with Crippen molar-refractivity contribution in [2.24, 2.45) is 0 Å². The van der Waals surface area contributed by atoms with Crippen LogP contribution in [0.4, 0.5) is 0 Å². The molecule has 0 aliphatic heterocycles. The molecule has 0 atom stereocenters. The van der Waals surface area contributed by atoms with Gasteiger partial charge in [0.05, 0.1) is 5.52 Å². The molecule has 1 fully saturated rings. The van der Waals surface area contributed by atoms with Gasteiger partial charge in [0.25, 0.3) is 5.91 Å². The quantitative estimate of drug-likeness (QED) is 0.366. The molecule has 0 saturated heterocycles. The van der Waals surface area contributed by atoms with E-state index >= 15 is 0 Å². The minimum absolute atomic E-state index is 0.00282. The molecule has 0 radical (unpaired) electrons. The Kier molecular flexibility index (Phi) is 6.43.